The zero-order valence-electron chi connectivity index (χ0n) is 26.0. The molecule has 46 heavy (non-hydrogen) atoms. The lowest BCUT2D eigenvalue weighted by Gasteiger charge is -2.06. The van der Waals surface area contributed by atoms with Gasteiger partial charge in [0.05, 0.1) is 0 Å². The predicted octanol–water partition coefficient (Wildman–Crippen LogP) is 7.22. The Balaban J connectivity index is 0.000000198. The van der Waals surface area contributed by atoms with Crippen LogP contribution in [0.5, 0.6) is 23.0 Å². The lowest BCUT2D eigenvalue weighted by atomic mass is 10.3. The molecule has 0 aliphatic carbocycles. The van der Waals surface area contributed by atoms with Crippen molar-refractivity contribution in [1.29, 1.82) is 0 Å². The van der Waals surface area contributed by atoms with Crippen molar-refractivity contribution < 1.29 is 27.9 Å². The zero-order chi connectivity index (χ0) is 33.1. The summed E-state index contributed by atoms with van der Waals surface area (Å²) in [6, 6.07) is 17.3. The first-order valence-electron chi connectivity index (χ1n) is 14.0. The van der Waals surface area contributed by atoms with Crippen LogP contribution in [0.15, 0.2) is 92.3 Å². The van der Waals surface area contributed by atoms with Gasteiger partial charge in [-0.25, -0.2) is 9.97 Å². The Bertz CT molecular complexity index is 1800. The molecule has 12 nitrogen and oxygen atoms in total. The number of aromatic nitrogens is 4. The minimum atomic E-state index is -0.263. The van der Waals surface area contributed by atoms with Crippen LogP contribution in [0.2, 0.25) is 0 Å². The number of rotatable bonds is 8. The van der Waals surface area contributed by atoms with Gasteiger partial charge in [0.1, 0.15) is 45.4 Å². The molecular formula is C32H32N6O6S2. The number of hydrogen-bond donors (Lipinski definition) is 2. The van der Waals surface area contributed by atoms with Crippen molar-refractivity contribution in [3.05, 3.63) is 84.4 Å². The van der Waals surface area contributed by atoms with Crippen LogP contribution in [0.3, 0.4) is 0 Å². The van der Waals surface area contributed by atoms with Crippen molar-refractivity contribution in [2.24, 2.45) is 0 Å². The molecule has 238 valence electrons. The normalized spacial score (nSPS) is 10.3. The number of thioether (sulfide) groups is 2. The third kappa shape index (κ3) is 8.55. The van der Waals surface area contributed by atoms with Crippen LogP contribution in [0, 0.1) is 0 Å². The standard InChI is InChI=1S/2C15H13N3O3S.C2H6/c2*1-16-14(19)12-7-10(5-6-17-12)20-9-3-4-11-13(8-9)21-15(18-11)22-2;1-2/h2*3-8H,1-2H3,(H,16,19);1-2H3. The number of fused-ring (bicyclic) bond motifs is 2. The third-order valence-electron chi connectivity index (χ3n) is 5.88. The monoisotopic (exact) mass is 660 g/mol. The summed E-state index contributed by atoms with van der Waals surface area (Å²) in [5.74, 6) is 1.73. The van der Waals surface area contributed by atoms with Crippen molar-refractivity contribution in [3.8, 4) is 23.0 Å². The van der Waals surface area contributed by atoms with E-state index in [-0.39, 0.29) is 11.8 Å². The largest absolute Gasteiger partial charge is 0.457 e. The van der Waals surface area contributed by atoms with Crippen LogP contribution >= 0.6 is 23.5 Å². The minimum Gasteiger partial charge on any atom is -0.457 e. The fraction of sp³-hybridized carbons (Fsp3) is 0.188. The van der Waals surface area contributed by atoms with Crippen molar-refractivity contribution in [3.63, 3.8) is 0 Å². The summed E-state index contributed by atoms with van der Waals surface area (Å²) in [5, 5.41) is 6.26. The first kappa shape index (κ1) is 33.8. The smallest absolute Gasteiger partial charge is 0.269 e. The predicted molar refractivity (Wildman–Crippen MR) is 178 cm³/mol. The van der Waals surface area contributed by atoms with Gasteiger partial charge in [0.2, 0.25) is 0 Å². The number of benzene rings is 2. The number of ether oxygens (including phenoxy) is 2. The topological polar surface area (TPSA) is 154 Å². The maximum Gasteiger partial charge on any atom is 0.269 e. The van der Waals surface area contributed by atoms with Gasteiger partial charge < -0.3 is 28.9 Å². The van der Waals surface area contributed by atoms with Crippen molar-refractivity contribution in [1.82, 2.24) is 30.6 Å². The second kappa shape index (κ2) is 16.3. The molecule has 4 heterocycles. The number of carbonyl (C=O) groups is 2. The Morgan fingerprint density at radius 1 is 0.630 bits per heavy atom. The molecule has 0 saturated carbocycles. The molecule has 0 unspecified atom stereocenters. The summed E-state index contributed by atoms with van der Waals surface area (Å²) in [4.78, 5) is 39.7. The van der Waals surface area contributed by atoms with Crippen LogP contribution in [0.4, 0.5) is 0 Å². The number of carbonyl (C=O) groups excluding carboxylic acids is 2. The molecule has 0 atom stereocenters. The number of hydrogen-bond acceptors (Lipinski definition) is 12. The van der Waals surface area contributed by atoms with Crippen LogP contribution in [0.25, 0.3) is 22.2 Å². The van der Waals surface area contributed by atoms with Crippen LogP contribution in [-0.2, 0) is 0 Å². The average molecular weight is 661 g/mol. The van der Waals surface area contributed by atoms with E-state index in [4.69, 9.17) is 18.3 Å². The minimum absolute atomic E-state index is 0.263. The molecule has 4 aromatic heterocycles. The van der Waals surface area contributed by atoms with E-state index in [1.807, 2.05) is 38.5 Å². The zero-order valence-corrected chi connectivity index (χ0v) is 27.6. The second-order valence-electron chi connectivity index (χ2n) is 8.74. The lowest BCUT2D eigenvalue weighted by molar-refractivity contribution is 0.0950. The lowest BCUT2D eigenvalue weighted by Crippen LogP contribution is -2.18. The first-order valence-corrected chi connectivity index (χ1v) is 16.4. The second-order valence-corrected chi connectivity index (χ2v) is 10.3. The Kier molecular flexibility index (Phi) is 12.0. The van der Waals surface area contributed by atoms with E-state index >= 15 is 0 Å². The van der Waals surface area contributed by atoms with Gasteiger partial charge in [-0.05, 0) is 48.9 Å². The summed E-state index contributed by atoms with van der Waals surface area (Å²) >= 11 is 2.88. The number of amides is 2. The molecule has 0 radical (unpaired) electrons. The van der Waals surface area contributed by atoms with Gasteiger partial charge in [0.15, 0.2) is 11.2 Å². The van der Waals surface area contributed by atoms with Crippen molar-refractivity contribution >= 4 is 57.5 Å². The number of oxazole rings is 2. The summed E-state index contributed by atoms with van der Waals surface area (Å²) in [7, 11) is 3.11. The van der Waals surface area contributed by atoms with Crippen molar-refractivity contribution in [2.45, 2.75) is 24.3 Å². The molecule has 0 spiro atoms. The first-order chi connectivity index (χ1) is 22.4. The quantitative estimate of drug-likeness (QED) is 0.158. The fourth-order valence-corrected chi connectivity index (χ4v) is 4.52. The molecule has 0 aliphatic rings. The van der Waals surface area contributed by atoms with Crippen LogP contribution in [-0.4, -0.2) is 58.4 Å². The maximum atomic E-state index is 11.6. The molecular weight excluding hydrogens is 629 g/mol. The van der Waals surface area contributed by atoms with Gasteiger partial charge in [0.25, 0.3) is 22.3 Å². The number of nitrogens with zero attached hydrogens (tertiary/aromatic N) is 4. The van der Waals surface area contributed by atoms with Crippen molar-refractivity contribution in [2.75, 3.05) is 26.6 Å². The molecule has 2 amide bonds. The van der Waals surface area contributed by atoms with Gasteiger partial charge >= 0.3 is 0 Å². The highest BCUT2D eigenvalue weighted by Gasteiger charge is 2.11. The molecule has 6 rings (SSSR count). The molecule has 14 heteroatoms. The Morgan fingerprint density at radius 2 is 1.02 bits per heavy atom. The molecule has 2 aromatic carbocycles. The summed E-state index contributed by atoms with van der Waals surface area (Å²) < 4.78 is 22.6. The van der Waals surface area contributed by atoms with Gasteiger partial charge in [-0.3, -0.25) is 19.6 Å². The highest BCUT2D eigenvalue weighted by molar-refractivity contribution is 7.98. The Morgan fingerprint density at radius 3 is 1.39 bits per heavy atom. The Hall–Kier alpha value is -5.08. The van der Waals surface area contributed by atoms with Gasteiger partial charge in [-0.15, -0.1) is 0 Å². The molecule has 0 bridgehead atoms. The summed E-state index contributed by atoms with van der Waals surface area (Å²) in [6.07, 6.45) is 6.86. The summed E-state index contributed by atoms with van der Waals surface area (Å²) in [6.45, 7) is 4.00. The van der Waals surface area contributed by atoms with E-state index in [1.165, 1.54) is 35.9 Å². The molecule has 2 N–H and O–H groups in total. The highest BCUT2D eigenvalue weighted by atomic mass is 32.2. The summed E-state index contributed by atoms with van der Waals surface area (Å²) in [5.41, 5.74) is 3.45. The van der Waals surface area contributed by atoms with E-state index in [0.717, 1.165) is 11.0 Å². The van der Waals surface area contributed by atoms with Crippen LogP contribution < -0.4 is 20.1 Å². The average Bonchev–Trinajstić information content (AvgIpc) is 3.72. The van der Waals surface area contributed by atoms with E-state index in [1.54, 1.807) is 62.6 Å². The SMILES string of the molecule is CC.CNC(=O)c1cc(Oc2ccc3nc(SC)oc3c2)ccn1.CNC(=O)c1cc(Oc2ccc3nc(SC)oc3c2)ccn1. The third-order valence-corrected chi connectivity index (χ3v) is 6.93. The van der Waals surface area contributed by atoms with Gasteiger partial charge in [0, 0.05) is 50.8 Å². The van der Waals surface area contributed by atoms with E-state index in [2.05, 4.69) is 30.6 Å². The Labute approximate surface area is 273 Å². The van der Waals surface area contributed by atoms with E-state index < -0.39 is 0 Å². The van der Waals surface area contributed by atoms with E-state index in [9.17, 15) is 9.59 Å². The molecule has 0 saturated heterocycles. The van der Waals surface area contributed by atoms with Gasteiger partial charge in [-0.2, -0.15) is 0 Å². The maximum absolute atomic E-state index is 11.6. The number of nitrogens with one attached hydrogen (secondary N) is 2. The fourth-order valence-electron chi connectivity index (χ4n) is 3.80. The molecule has 0 aliphatic heterocycles. The number of pyridine rings is 2. The highest BCUT2D eigenvalue weighted by Crippen LogP contribution is 2.29. The van der Waals surface area contributed by atoms with Crippen LogP contribution in [0.1, 0.15) is 34.8 Å². The molecule has 0 fully saturated rings. The molecule has 6 aromatic rings. The van der Waals surface area contributed by atoms with Gasteiger partial charge in [-0.1, -0.05) is 37.4 Å². The van der Waals surface area contributed by atoms with E-state index in [0.29, 0.717) is 56.0 Å².